The van der Waals surface area contributed by atoms with Crippen LogP contribution in [0.1, 0.15) is 53.0 Å². The molecule has 0 aliphatic heterocycles. The van der Waals surface area contributed by atoms with E-state index in [1.807, 2.05) is 0 Å². The molecule has 1 aromatic carbocycles. The number of carbonyl (C=O) groups excluding carboxylic acids is 1. The molecule has 0 spiro atoms. The monoisotopic (exact) mass is 501 g/mol. The number of alkyl halides is 8. The zero-order valence-corrected chi connectivity index (χ0v) is 17.4. The summed E-state index contributed by atoms with van der Waals surface area (Å²) in [6.45, 7) is -0.344. The van der Waals surface area contributed by atoms with Gasteiger partial charge in [0, 0.05) is 37.2 Å². The van der Waals surface area contributed by atoms with E-state index in [-0.39, 0.29) is 24.9 Å². The van der Waals surface area contributed by atoms with Crippen LogP contribution in [0.25, 0.3) is 0 Å². The molecule has 2 aromatic rings. The average molecular weight is 502 g/mol. The highest BCUT2D eigenvalue weighted by Crippen LogP contribution is 2.45. The Bertz CT molecular complexity index is 1010. The fraction of sp³-hybridized carbons (Fsp3) is 0.450. The van der Waals surface area contributed by atoms with Gasteiger partial charge in [-0.1, -0.05) is 17.7 Å². The number of nitrogens with zero attached hydrogens (tertiary/aromatic N) is 2. The van der Waals surface area contributed by atoms with Crippen LogP contribution >= 0.6 is 11.6 Å². The Morgan fingerprint density at radius 1 is 0.970 bits per heavy atom. The number of nitrogens with one attached hydrogen (secondary N) is 1. The molecule has 0 unspecified atom stereocenters. The minimum atomic E-state index is -4.81. The van der Waals surface area contributed by atoms with E-state index in [1.54, 1.807) is 0 Å². The van der Waals surface area contributed by atoms with Gasteiger partial charge in [0.1, 0.15) is 0 Å². The topological polar surface area (TPSA) is 54.9 Å². The maximum atomic E-state index is 13.8. The number of aromatic nitrogens is 2. The first-order valence-electron chi connectivity index (χ1n) is 9.56. The summed E-state index contributed by atoms with van der Waals surface area (Å²) in [5.74, 6) is -5.40. The van der Waals surface area contributed by atoms with Crippen LogP contribution in [-0.2, 0) is 17.8 Å². The molecule has 1 saturated carbocycles. The molecule has 1 amide bonds. The molecule has 1 aliphatic carbocycles. The van der Waals surface area contributed by atoms with Crippen LogP contribution in [0, 0.1) is 0 Å². The first kappa shape index (κ1) is 25.1. The molecule has 0 bridgehead atoms. The minimum absolute atomic E-state index is 0.0986. The van der Waals surface area contributed by atoms with E-state index in [9.17, 15) is 39.9 Å². The van der Waals surface area contributed by atoms with Crippen molar-refractivity contribution in [3.8, 4) is 0 Å². The van der Waals surface area contributed by atoms with Crippen LogP contribution in [0.3, 0.4) is 0 Å². The van der Waals surface area contributed by atoms with Crippen LogP contribution < -0.4 is 5.32 Å². The molecular formula is C20H16ClF8N3O. The van der Waals surface area contributed by atoms with Crippen molar-refractivity contribution in [1.82, 2.24) is 15.3 Å². The largest absolute Gasteiger partial charge is 0.451 e. The second-order valence-corrected chi connectivity index (χ2v) is 8.15. The van der Waals surface area contributed by atoms with Gasteiger partial charge in [0.05, 0.1) is 16.1 Å². The third kappa shape index (κ3) is 5.53. The summed E-state index contributed by atoms with van der Waals surface area (Å²) in [6.07, 6.45) is -9.52. The summed E-state index contributed by atoms with van der Waals surface area (Å²) in [5, 5.41) is 1.56. The maximum absolute atomic E-state index is 13.8. The summed E-state index contributed by atoms with van der Waals surface area (Å²) >= 11 is 5.75. The van der Waals surface area contributed by atoms with Gasteiger partial charge in [-0.05, 0) is 30.5 Å². The number of rotatable bonds is 4. The molecule has 0 saturated heterocycles. The molecule has 4 nitrogen and oxygen atoms in total. The highest BCUT2D eigenvalue weighted by Gasteiger charge is 2.45. The van der Waals surface area contributed by atoms with Crippen molar-refractivity contribution in [1.29, 1.82) is 0 Å². The molecular weight excluding hydrogens is 486 g/mol. The van der Waals surface area contributed by atoms with Gasteiger partial charge in [0.25, 0.3) is 5.91 Å². The maximum Gasteiger partial charge on any atom is 0.451 e. The zero-order chi connectivity index (χ0) is 24.7. The molecule has 180 valence electrons. The van der Waals surface area contributed by atoms with Crippen LogP contribution in [0.5, 0.6) is 0 Å². The van der Waals surface area contributed by atoms with Crippen molar-refractivity contribution in [2.24, 2.45) is 0 Å². The summed E-state index contributed by atoms with van der Waals surface area (Å²) in [4.78, 5) is 19.1. The Morgan fingerprint density at radius 2 is 1.55 bits per heavy atom. The quantitative estimate of drug-likeness (QED) is 0.519. The molecule has 1 aromatic heterocycles. The minimum Gasteiger partial charge on any atom is -0.351 e. The summed E-state index contributed by atoms with van der Waals surface area (Å²) in [6, 6.07) is 2.75. The summed E-state index contributed by atoms with van der Waals surface area (Å²) in [7, 11) is 0. The van der Waals surface area contributed by atoms with Gasteiger partial charge in [0.2, 0.25) is 11.7 Å². The molecule has 0 atom stereocenters. The second kappa shape index (κ2) is 8.69. The Labute approximate surface area is 187 Å². The smallest absolute Gasteiger partial charge is 0.351 e. The predicted octanol–water partition coefficient (Wildman–Crippen LogP) is 6.04. The van der Waals surface area contributed by atoms with Crippen molar-refractivity contribution in [2.75, 3.05) is 6.54 Å². The van der Waals surface area contributed by atoms with E-state index < -0.39 is 64.4 Å². The second-order valence-electron chi connectivity index (χ2n) is 7.78. The molecule has 1 heterocycles. The van der Waals surface area contributed by atoms with Crippen molar-refractivity contribution in [2.45, 2.75) is 49.4 Å². The lowest BCUT2D eigenvalue weighted by Crippen LogP contribution is -2.45. The number of amides is 1. The summed E-state index contributed by atoms with van der Waals surface area (Å²) in [5.41, 5.74) is -2.84. The standard InChI is InChI=1S/C20H16ClF8N3O/c21-14-12(2-1-3-13(14)19(24,25)26)15(33)32-10-17(4-6-18(22,23)7-5-17)11-8-30-16(31-9-11)20(27,28)29/h1-3,8-9H,4-7,10H2,(H,32,33). The Morgan fingerprint density at radius 3 is 2.06 bits per heavy atom. The molecule has 33 heavy (non-hydrogen) atoms. The lowest BCUT2D eigenvalue weighted by molar-refractivity contribution is -0.145. The Hall–Kier alpha value is -2.50. The van der Waals surface area contributed by atoms with Gasteiger partial charge < -0.3 is 5.32 Å². The van der Waals surface area contributed by atoms with Gasteiger partial charge >= 0.3 is 12.4 Å². The van der Waals surface area contributed by atoms with E-state index in [0.717, 1.165) is 24.5 Å². The molecule has 0 radical (unpaired) electrons. The molecule has 1 N–H and O–H groups in total. The van der Waals surface area contributed by atoms with Crippen molar-refractivity contribution < 1.29 is 39.9 Å². The van der Waals surface area contributed by atoms with Crippen molar-refractivity contribution in [3.63, 3.8) is 0 Å². The van der Waals surface area contributed by atoms with Crippen LogP contribution in [0.4, 0.5) is 35.1 Å². The Balaban J connectivity index is 1.87. The van der Waals surface area contributed by atoms with Gasteiger partial charge in [-0.3, -0.25) is 4.79 Å². The van der Waals surface area contributed by atoms with Crippen molar-refractivity contribution in [3.05, 3.63) is 58.1 Å². The van der Waals surface area contributed by atoms with Gasteiger partial charge in [-0.15, -0.1) is 0 Å². The average Bonchev–Trinajstić information content (AvgIpc) is 2.72. The fourth-order valence-electron chi connectivity index (χ4n) is 3.68. The molecule has 3 rings (SSSR count). The normalized spacial score (nSPS) is 18.1. The fourth-order valence-corrected chi connectivity index (χ4v) is 4.00. The molecule has 13 heteroatoms. The van der Waals surface area contributed by atoms with Crippen molar-refractivity contribution >= 4 is 17.5 Å². The first-order valence-corrected chi connectivity index (χ1v) is 9.94. The number of carbonyl (C=O) groups is 1. The number of halogens is 9. The zero-order valence-electron chi connectivity index (χ0n) is 16.6. The van der Waals surface area contributed by atoms with Crippen LogP contribution in [-0.4, -0.2) is 28.3 Å². The SMILES string of the molecule is O=C(NCC1(c2cnc(C(F)(F)F)nc2)CCC(F)(F)CC1)c1cccc(C(F)(F)F)c1Cl. The van der Waals surface area contributed by atoms with E-state index in [1.165, 1.54) is 0 Å². The van der Waals surface area contributed by atoms with Gasteiger partial charge in [-0.25, -0.2) is 18.7 Å². The third-order valence-electron chi connectivity index (χ3n) is 5.59. The van der Waals surface area contributed by atoms with E-state index >= 15 is 0 Å². The lowest BCUT2D eigenvalue weighted by atomic mass is 9.69. The van der Waals surface area contributed by atoms with Gasteiger partial charge in [-0.2, -0.15) is 26.3 Å². The van der Waals surface area contributed by atoms with Crippen LogP contribution in [0.2, 0.25) is 5.02 Å². The van der Waals surface area contributed by atoms with E-state index in [2.05, 4.69) is 15.3 Å². The highest BCUT2D eigenvalue weighted by atomic mass is 35.5. The molecule has 1 aliphatic rings. The first-order chi connectivity index (χ1) is 15.1. The summed E-state index contributed by atoms with van der Waals surface area (Å²) < 4.78 is 105. The number of hydrogen-bond donors (Lipinski definition) is 1. The highest BCUT2D eigenvalue weighted by molar-refractivity contribution is 6.34. The number of hydrogen-bond acceptors (Lipinski definition) is 3. The Kier molecular flexibility index (Phi) is 6.62. The van der Waals surface area contributed by atoms with E-state index in [4.69, 9.17) is 11.6 Å². The predicted molar refractivity (Wildman–Crippen MR) is 101 cm³/mol. The third-order valence-corrected chi connectivity index (χ3v) is 6.00. The van der Waals surface area contributed by atoms with Gasteiger partial charge in [0.15, 0.2) is 0 Å². The number of benzene rings is 1. The molecule has 1 fully saturated rings. The lowest BCUT2D eigenvalue weighted by Gasteiger charge is -2.40. The van der Waals surface area contributed by atoms with Crippen LogP contribution in [0.15, 0.2) is 30.6 Å². The van der Waals surface area contributed by atoms with E-state index in [0.29, 0.717) is 6.07 Å².